The Morgan fingerprint density at radius 2 is 2.38 bits per heavy atom. The van der Waals surface area contributed by atoms with Crippen molar-refractivity contribution < 1.29 is 19.1 Å². The minimum absolute atomic E-state index is 0.151. The van der Waals surface area contributed by atoms with E-state index in [9.17, 15) is 4.79 Å². The Balaban J connectivity index is 2.38. The van der Waals surface area contributed by atoms with Gasteiger partial charge in [0.05, 0.1) is 13.7 Å². The van der Waals surface area contributed by atoms with Gasteiger partial charge in [-0.1, -0.05) is 6.92 Å². The summed E-state index contributed by atoms with van der Waals surface area (Å²) < 4.78 is 9.78. The smallest absolute Gasteiger partial charge is 0.373 e. The van der Waals surface area contributed by atoms with Gasteiger partial charge in [0.25, 0.3) is 0 Å². The standard InChI is InChI=1S/C11H17NO4/c1-8(7-13)5-12-6-9-3-4-10(16-9)11(14)15-2/h3-4,8,12-13H,5-7H2,1-2H3. The average Bonchev–Trinajstić information content (AvgIpc) is 2.76. The summed E-state index contributed by atoms with van der Waals surface area (Å²) >= 11 is 0. The van der Waals surface area contributed by atoms with Crippen molar-refractivity contribution in [1.82, 2.24) is 5.32 Å². The molecule has 0 saturated carbocycles. The van der Waals surface area contributed by atoms with Crippen molar-refractivity contribution in [3.63, 3.8) is 0 Å². The molecule has 5 heteroatoms. The molecule has 0 amide bonds. The van der Waals surface area contributed by atoms with Gasteiger partial charge < -0.3 is 19.6 Å². The first-order valence-corrected chi connectivity index (χ1v) is 5.16. The molecule has 0 radical (unpaired) electrons. The molecule has 0 aliphatic heterocycles. The molecule has 0 aromatic carbocycles. The van der Waals surface area contributed by atoms with Crippen LogP contribution in [0.2, 0.25) is 0 Å². The number of carbonyl (C=O) groups is 1. The van der Waals surface area contributed by atoms with Crippen LogP contribution in [0.1, 0.15) is 23.2 Å². The Morgan fingerprint density at radius 3 is 3.00 bits per heavy atom. The average molecular weight is 227 g/mol. The number of aliphatic hydroxyl groups excluding tert-OH is 1. The molecule has 0 aliphatic carbocycles. The number of furan rings is 1. The predicted octanol–water partition coefficient (Wildman–Crippen LogP) is 0.784. The fourth-order valence-corrected chi connectivity index (χ4v) is 1.19. The van der Waals surface area contributed by atoms with E-state index in [1.165, 1.54) is 7.11 Å². The molecular weight excluding hydrogens is 210 g/mol. The zero-order valence-electron chi connectivity index (χ0n) is 9.53. The lowest BCUT2D eigenvalue weighted by atomic mass is 10.2. The molecule has 1 aromatic rings. The first-order chi connectivity index (χ1) is 7.67. The second-order valence-corrected chi connectivity index (χ2v) is 3.68. The molecule has 90 valence electrons. The number of esters is 1. The summed E-state index contributed by atoms with van der Waals surface area (Å²) in [5, 5.41) is 11.9. The van der Waals surface area contributed by atoms with E-state index in [0.717, 1.165) is 0 Å². The van der Waals surface area contributed by atoms with Crippen LogP contribution in [0.4, 0.5) is 0 Å². The van der Waals surface area contributed by atoms with Crippen LogP contribution in [0.25, 0.3) is 0 Å². The second kappa shape index (κ2) is 6.30. The van der Waals surface area contributed by atoms with Crippen molar-refractivity contribution in [3.8, 4) is 0 Å². The number of methoxy groups -OCH3 is 1. The number of nitrogens with one attached hydrogen (secondary N) is 1. The van der Waals surface area contributed by atoms with E-state index in [-0.39, 0.29) is 18.3 Å². The molecule has 16 heavy (non-hydrogen) atoms. The topological polar surface area (TPSA) is 71.7 Å². The van der Waals surface area contributed by atoms with Crippen LogP contribution >= 0.6 is 0 Å². The highest BCUT2D eigenvalue weighted by molar-refractivity contribution is 5.86. The third-order valence-corrected chi connectivity index (χ3v) is 2.15. The summed E-state index contributed by atoms with van der Waals surface area (Å²) in [6.45, 7) is 3.32. The number of hydrogen-bond acceptors (Lipinski definition) is 5. The van der Waals surface area contributed by atoms with E-state index >= 15 is 0 Å². The maximum atomic E-state index is 11.1. The molecule has 1 atom stereocenters. The highest BCUT2D eigenvalue weighted by Gasteiger charge is 2.10. The predicted molar refractivity (Wildman–Crippen MR) is 58.0 cm³/mol. The van der Waals surface area contributed by atoms with Gasteiger partial charge in [-0.05, 0) is 18.1 Å². The quantitative estimate of drug-likeness (QED) is 0.703. The van der Waals surface area contributed by atoms with Gasteiger partial charge in [0, 0.05) is 13.2 Å². The summed E-state index contributed by atoms with van der Waals surface area (Å²) in [4.78, 5) is 11.1. The van der Waals surface area contributed by atoms with E-state index in [4.69, 9.17) is 9.52 Å². The zero-order valence-corrected chi connectivity index (χ0v) is 9.53. The van der Waals surface area contributed by atoms with E-state index < -0.39 is 5.97 Å². The van der Waals surface area contributed by atoms with Crippen LogP contribution in [-0.4, -0.2) is 31.3 Å². The molecule has 0 saturated heterocycles. The van der Waals surface area contributed by atoms with Gasteiger partial charge >= 0.3 is 5.97 Å². The van der Waals surface area contributed by atoms with Gasteiger partial charge in [-0.2, -0.15) is 0 Å². The minimum Gasteiger partial charge on any atom is -0.463 e. The van der Waals surface area contributed by atoms with Gasteiger partial charge in [0.15, 0.2) is 0 Å². The summed E-state index contributed by atoms with van der Waals surface area (Å²) in [6.07, 6.45) is 0. The largest absolute Gasteiger partial charge is 0.463 e. The van der Waals surface area contributed by atoms with Crippen LogP contribution in [0.5, 0.6) is 0 Å². The minimum atomic E-state index is -0.477. The Morgan fingerprint density at radius 1 is 1.62 bits per heavy atom. The first-order valence-electron chi connectivity index (χ1n) is 5.16. The molecule has 0 fully saturated rings. The van der Waals surface area contributed by atoms with Crippen LogP contribution < -0.4 is 5.32 Å². The highest BCUT2D eigenvalue weighted by atomic mass is 16.5. The third-order valence-electron chi connectivity index (χ3n) is 2.15. The Hall–Kier alpha value is -1.33. The van der Waals surface area contributed by atoms with Gasteiger partial charge in [-0.25, -0.2) is 4.79 Å². The monoisotopic (exact) mass is 227 g/mol. The lowest BCUT2D eigenvalue weighted by molar-refractivity contribution is 0.0563. The van der Waals surface area contributed by atoms with Crippen LogP contribution in [0, 0.1) is 5.92 Å². The molecule has 1 unspecified atom stereocenters. The van der Waals surface area contributed by atoms with Crippen molar-refractivity contribution in [2.24, 2.45) is 5.92 Å². The third kappa shape index (κ3) is 3.67. The van der Waals surface area contributed by atoms with Crippen molar-refractivity contribution in [2.75, 3.05) is 20.3 Å². The lowest BCUT2D eigenvalue weighted by Gasteiger charge is -2.07. The van der Waals surface area contributed by atoms with Crippen LogP contribution in [0.3, 0.4) is 0 Å². The molecule has 1 rings (SSSR count). The zero-order chi connectivity index (χ0) is 12.0. The van der Waals surface area contributed by atoms with Gasteiger partial charge in [0.1, 0.15) is 5.76 Å². The highest BCUT2D eigenvalue weighted by Crippen LogP contribution is 2.08. The molecular formula is C11H17NO4. The van der Waals surface area contributed by atoms with Gasteiger partial charge in [0.2, 0.25) is 5.76 Å². The molecule has 1 aromatic heterocycles. The van der Waals surface area contributed by atoms with Crippen molar-refractivity contribution in [3.05, 3.63) is 23.7 Å². The number of aliphatic hydroxyl groups is 1. The molecule has 0 spiro atoms. The fraction of sp³-hybridized carbons (Fsp3) is 0.545. The summed E-state index contributed by atoms with van der Waals surface area (Å²) in [6, 6.07) is 3.31. The maximum Gasteiger partial charge on any atom is 0.373 e. The maximum absolute atomic E-state index is 11.1. The van der Waals surface area contributed by atoms with E-state index in [1.807, 2.05) is 6.92 Å². The molecule has 0 aliphatic rings. The number of carbonyl (C=O) groups excluding carboxylic acids is 1. The lowest BCUT2D eigenvalue weighted by Crippen LogP contribution is -2.22. The van der Waals surface area contributed by atoms with Crippen molar-refractivity contribution in [1.29, 1.82) is 0 Å². The van der Waals surface area contributed by atoms with Crippen molar-refractivity contribution >= 4 is 5.97 Å². The van der Waals surface area contributed by atoms with E-state index in [1.54, 1.807) is 12.1 Å². The SMILES string of the molecule is COC(=O)c1ccc(CNCC(C)CO)o1. The number of hydrogen-bond donors (Lipinski definition) is 2. The normalized spacial score (nSPS) is 12.4. The van der Waals surface area contributed by atoms with Gasteiger partial charge in [-0.15, -0.1) is 0 Å². The Kier molecular flexibility index (Phi) is 5.01. The van der Waals surface area contributed by atoms with E-state index in [2.05, 4.69) is 10.1 Å². The first kappa shape index (κ1) is 12.7. The summed E-state index contributed by atoms with van der Waals surface area (Å²) in [5.74, 6) is 0.602. The molecule has 2 N–H and O–H groups in total. The van der Waals surface area contributed by atoms with E-state index in [0.29, 0.717) is 18.8 Å². The number of rotatable bonds is 6. The van der Waals surface area contributed by atoms with Crippen LogP contribution in [-0.2, 0) is 11.3 Å². The summed E-state index contributed by atoms with van der Waals surface area (Å²) in [5.41, 5.74) is 0. The second-order valence-electron chi connectivity index (χ2n) is 3.68. The molecule has 1 heterocycles. The fourth-order valence-electron chi connectivity index (χ4n) is 1.19. The summed E-state index contributed by atoms with van der Waals surface area (Å²) in [7, 11) is 1.31. The Labute approximate surface area is 94.4 Å². The Bertz CT molecular complexity index is 334. The van der Waals surface area contributed by atoms with Gasteiger partial charge in [-0.3, -0.25) is 0 Å². The molecule has 0 bridgehead atoms. The van der Waals surface area contributed by atoms with Crippen LogP contribution in [0.15, 0.2) is 16.5 Å². The number of ether oxygens (including phenoxy) is 1. The molecule has 5 nitrogen and oxygen atoms in total. The van der Waals surface area contributed by atoms with Crippen molar-refractivity contribution in [2.45, 2.75) is 13.5 Å².